The Morgan fingerprint density at radius 1 is 0.690 bits per heavy atom. The molecule has 2 rings (SSSR count). The van der Waals surface area contributed by atoms with Gasteiger partial charge in [0.2, 0.25) is 59.1 Å². The van der Waals surface area contributed by atoms with Crippen LogP contribution in [0.3, 0.4) is 0 Å². The maximum atomic E-state index is 14.1. The molecule has 10 amide bonds. The van der Waals surface area contributed by atoms with Crippen LogP contribution in [0.1, 0.15) is 91.5 Å². The molecule has 0 aliphatic carbocycles. The Balaban J connectivity index is 2.17. The highest BCUT2D eigenvalue weighted by atomic mass is 16.4. The normalized spacial score (nSPS) is 17.5. The predicted molar refractivity (Wildman–Crippen MR) is 251 cm³/mol. The van der Waals surface area contributed by atoms with Gasteiger partial charge in [-0.3, -0.25) is 47.9 Å². The lowest BCUT2D eigenvalue weighted by Gasteiger charge is -2.33. The fourth-order valence-corrected chi connectivity index (χ4v) is 7.37. The van der Waals surface area contributed by atoms with Gasteiger partial charge in [-0.2, -0.15) is 0 Å². The molecule has 1 heterocycles. The molecule has 0 unspecified atom stereocenters. The summed E-state index contributed by atoms with van der Waals surface area (Å²) in [6.07, 6.45) is -1.74. The minimum atomic E-state index is -1.71. The highest BCUT2D eigenvalue weighted by Gasteiger charge is 2.41. The topological polar surface area (TPSA) is 434 Å². The summed E-state index contributed by atoms with van der Waals surface area (Å²) < 4.78 is 0. The standard InChI is InChI=1S/C45H71N11O15/c1-6-22(3)35(42(67)52-30(21-57)40(65)51-29(45(70)71)15-17-33(48)61)53-39(64)28(14-16-32(47)60)50-34(62)20-49-41(66)31-9-8-18-56(31)44(69)36(23(4)7-2)54-43(68)37(24(5)58)55-38(63)27(46)19-25-10-12-26(59)13-11-25/h10-13,22-24,27-31,35-37,57-59H,6-9,14-21,46H2,1-5H3,(H2,47,60)(H2,48,61)(H,49,66)(H,50,62)(H,51,65)(H,52,67)(H,53,64)(H,54,68)(H,55,63)(H,70,71)/t22-,23-,24+,27-,28-,29-,30-,31-,35-,36-,37-/m0/s1. The van der Waals surface area contributed by atoms with Crippen LogP contribution in [-0.4, -0.2) is 165 Å². The zero-order valence-electron chi connectivity index (χ0n) is 40.6. The van der Waals surface area contributed by atoms with E-state index in [1.807, 2.05) is 0 Å². The molecule has 0 spiro atoms. The number of aliphatic hydroxyl groups excluding tert-OH is 2. The predicted octanol–water partition coefficient (Wildman–Crippen LogP) is -4.64. The monoisotopic (exact) mass is 1010 g/mol. The largest absolute Gasteiger partial charge is 0.508 e. The molecule has 0 saturated carbocycles. The van der Waals surface area contributed by atoms with Gasteiger partial charge in [-0.05, 0) is 68.6 Å². The van der Waals surface area contributed by atoms with Crippen molar-refractivity contribution in [2.24, 2.45) is 29.0 Å². The van der Waals surface area contributed by atoms with Gasteiger partial charge in [0.05, 0.1) is 25.3 Å². The van der Waals surface area contributed by atoms with Gasteiger partial charge in [-0.1, -0.05) is 52.7 Å². The molecule has 1 aliphatic heterocycles. The number of aliphatic carboxylic acids is 1. The van der Waals surface area contributed by atoms with Crippen LogP contribution in [0.5, 0.6) is 5.75 Å². The van der Waals surface area contributed by atoms with Gasteiger partial charge in [0.15, 0.2) is 0 Å². The maximum Gasteiger partial charge on any atom is 0.326 e. The van der Waals surface area contributed by atoms with E-state index in [1.165, 1.54) is 24.0 Å². The van der Waals surface area contributed by atoms with Crippen LogP contribution in [0, 0.1) is 11.8 Å². The Morgan fingerprint density at radius 2 is 1.20 bits per heavy atom. The molecule has 1 aromatic carbocycles. The van der Waals surface area contributed by atoms with Crippen molar-refractivity contribution in [2.75, 3.05) is 19.7 Å². The third-order valence-electron chi connectivity index (χ3n) is 12.1. The van der Waals surface area contributed by atoms with Crippen molar-refractivity contribution in [3.05, 3.63) is 29.8 Å². The van der Waals surface area contributed by atoms with E-state index in [-0.39, 0.29) is 44.4 Å². The number of carboxylic acid groups (broad SMARTS) is 1. The number of aromatic hydroxyl groups is 1. The highest BCUT2D eigenvalue weighted by Crippen LogP contribution is 2.22. The summed E-state index contributed by atoms with van der Waals surface area (Å²) in [7, 11) is 0. The zero-order valence-corrected chi connectivity index (χ0v) is 40.6. The number of phenols is 1. The lowest BCUT2D eigenvalue weighted by molar-refractivity contribution is -0.143. The first-order valence-corrected chi connectivity index (χ1v) is 23.4. The average Bonchev–Trinajstić information content (AvgIpc) is 3.82. The number of phenolic OH excluding ortho intramolecular Hbond substituents is 1. The molecular formula is C45H71N11O15. The fraction of sp³-hybridized carbons (Fsp3) is 0.622. The number of carboxylic acids is 1. The first-order valence-electron chi connectivity index (χ1n) is 23.4. The second-order valence-corrected chi connectivity index (χ2v) is 17.6. The molecule has 0 radical (unpaired) electrons. The third-order valence-corrected chi connectivity index (χ3v) is 12.1. The number of carbonyl (C=O) groups excluding carboxylic acids is 10. The first kappa shape index (κ1) is 60.2. The summed E-state index contributed by atoms with van der Waals surface area (Å²) >= 11 is 0. The zero-order chi connectivity index (χ0) is 53.7. The Hall–Kier alpha value is -6.93. The van der Waals surface area contributed by atoms with Gasteiger partial charge in [0, 0.05) is 19.4 Å². The van der Waals surface area contributed by atoms with Crippen molar-refractivity contribution >= 4 is 65.0 Å². The van der Waals surface area contributed by atoms with Crippen LogP contribution >= 0.6 is 0 Å². The fourth-order valence-electron chi connectivity index (χ4n) is 7.37. The van der Waals surface area contributed by atoms with E-state index in [4.69, 9.17) is 17.2 Å². The van der Waals surface area contributed by atoms with Crippen molar-refractivity contribution in [3.8, 4) is 5.75 Å². The van der Waals surface area contributed by atoms with Crippen molar-refractivity contribution in [1.29, 1.82) is 0 Å². The van der Waals surface area contributed by atoms with Crippen LogP contribution in [0.4, 0.5) is 0 Å². The molecular weight excluding hydrogens is 935 g/mol. The number of nitrogens with zero attached hydrogens (tertiary/aromatic N) is 1. The number of aliphatic hydroxyl groups is 2. The Labute approximate surface area is 410 Å². The average molecular weight is 1010 g/mol. The van der Waals surface area contributed by atoms with Gasteiger partial charge in [0.1, 0.15) is 48.0 Å². The SMILES string of the molecule is CC[C@H](C)[C@H](NC(=O)[C@H](CCC(N)=O)NC(=O)CNC(=O)[C@@H]1CCCN1C(=O)[C@@H](NC(=O)[C@@H](NC(=O)[C@@H](N)Cc1ccc(O)cc1)[C@@H](C)O)[C@@H](C)CC)C(=O)N[C@@H](CO)C(=O)N[C@@H](CCC(N)=O)C(=O)O. The summed E-state index contributed by atoms with van der Waals surface area (Å²) in [5.74, 6) is -11.4. The minimum absolute atomic E-state index is 0.0144. The van der Waals surface area contributed by atoms with Crippen molar-refractivity contribution in [1.82, 2.24) is 42.1 Å². The lowest BCUT2D eigenvalue weighted by atomic mass is 9.96. The van der Waals surface area contributed by atoms with E-state index in [0.717, 1.165) is 0 Å². The molecule has 1 saturated heterocycles. The molecule has 17 N–H and O–H groups in total. The minimum Gasteiger partial charge on any atom is -0.508 e. The molecule has 26 nitrogen and oxygen atoms in total. The van der Waals surface area contributed by atoms with Crippen LogP contribution in [0.2, 0.25) is 0 Å². The molecule has 0 bridgehead atoms. The molecule has 26 heteroatoms. The number of carbonyl (C=O) groups is 11. The number of likely N-dealkylation sites (tertiary alicyclic amines) is 1. The number of amides is 10. The van der Waals surface area contributed by atoms with E-state index in [1.54, 1.807) is 39.8 Å². The van der Waals surface area contributed by atoms with E-state index in [0.29, 0.717) is 18.4 Å². The summed E-state index contributed by atoms with van der Waals surface area (Å²) in [6, 6.07) is -5.27. The number of nitrogens with one attached hydrogen (secondary N) is 7. The smallest absolute Gasteiger partial charge is 0.326 e. The Kier molecular flexibility index (Phi) is 24.8. The van der Waals surface area contributed by atoms with E-state index < -0.39 is 157 Å². The van der Waals surface area contributed by atoms with Crippen molar-refractivity contribution < 1.29 is 73.2 Å². The van der Waals surface area contributed by atoms with Crippen LogP contribution in [-0.2, 0) is 59.2 Å². The molecule has 396 valence electrons. The summed E-state index contributed by atoms with van der Waals surface area (Å²) in [4.78, 5) is 144. The van der Waals surface area contributed by atoms with Gasteiger partial charge in [0.25, 0.3) is 0 Å². The van der Waals surface area contributed by atoms with Gasteiger partial charge in [-0.15, -0.1) is 0 Å². The van der Waals surface area contributed by atoms with Crippen LogP contribution in [0.15, 0.2) is 24.3 Å². The van der Waals surface area contributed by atoms with E-state index in [2.05, 4.69) is 37.2 Å². The molecule has 1 fully saturated rings. The second-order valence-electron chi connectivity index (χ2n) is 17.6. The Bertz CT molecular complexity index is 2060. The van der Waals surface area contributed by atoms with Crippen molar-refractivity contribution in [3.63, 3.8) is 0 Å². The number of rotatable bonds is 30. The number of nitrogens with two attached hydrogens (primary N) is 3. The van der Waals surface area contributed by atoms with Gasteiger partial charge in [-0.25, -0.2) is 4.79 Å². The highest BCUT2D eigenvalue weighted by molar-refractivity contribution is 5.98. The van der Waals surface area contributed by atoms with E-state index in [9.17, 15) is 73.2 Å². The first-order chi connectivity index (χ1) is 33.3. The summed E-state index contributed by atoms with van der Waals surface area (Å²) in [5.41, 5.74) is 17.1. The number of hydrogen-bond acceptors (Lipinski definition) is 15. The molecule has 1 aliphatic rings. The van der Waals surface area contributed by atoms with Crippen LogP contribution in [0.25, 0.3) is 0 Å². The quantitative estimate of drug-likeness (QED) is 0.0345. The number of benzene rings is 1. The molecule has 11 atom stereocenters. The molecule has 0 aromatic heterocycles. The third kappa shape index (κ3) is 19.4. The summed E-state index contributed by atoms with van der Waals surface area (Å²) in [6.45, 7) is 6.33. The van der Waals surface area contributed by atoms with Crippen molar-refractivity contribution in [2.45, 2.75) is 147 Å². The number of primary amides is 2. The summed E-state index contributed by atoms with van der Waals surface area (Å²) in [5, 5.41) is 56.2. The molecule has 1 aromatic rings. The molecule has 71 heavy (non-hydrogen) atoms. The maximum absolute atomic E-state index is 14.1. The number of hydrogen-bond donors (Lipinski definition) is 14. The lowest BCUT2D eigenvalue weighted by Crippen LogP contribution is -2.61. The van der Waals surface area contributed by atoms with E-state index >= 15 is 0 Å². The Morgan fingerprint density at radius 3 is 1.73 bits per heavy atom. The van der Waals surface area contributed by atoms with Crippen LogP contribution < -0.4 is 54.4 Å². The van der Waals surface area contributed by atoms with Gasteiger partial charge < -0.3 is 79.7 Å². The van der Waals surface area contributed by atoms with Gasteiger partial charge >= 0.3 is 5.97 Å². The second kappa shape index (κ2) is 29.3.